The summed E-state index contributed by atoms with van der Waals surface area (Å²) in [4.78, 5) is 24.2. The van der Waals surface area contributed by atoms with Gasteiger partial charge in [0.15, 0.2) is 0 Å². The van der Waals surface area contributed by atoms with Crippen LogP contribution < -0.4 is 5.32 Å². The van der Waals surface area contributed by atoms with Gasteiger partial charge < -0.3 is 10.2 Å². The summed E-state index contributed by atoms with van der Waals surface area (Å²) >= 11 is 0. The van der Waals surface area contributed by atoms with Crippen molar-refractivity contribution in [2.75, 3.05) is 18.4 Å². The molecule has 0 heterocycles. The van der Waals surface area contributed by atoms with E-state index < -0.39 is 16.4 Å². The van der Waals surface area contributed by atoms with Crippen LogP contribution in [-0.2, 0) is 4.79 Å². The maximum absolute atomic E-state index is 13.3. The molecule has 0 atom stereocenters. The number of nitro benzene ring substituents is 1. The predicted molar refractivity (Wildman–Crippen MR) is 85.8 cm³/mol. The molecule has 0 aromatic heterocycles. The maximum Gasteiger partial charge on any atom is 0.306 e. The average Bonchev–Trinajstić information content (AvgIpc) is 2.55. The van der Waals surface area contributed by atoms with E-state index in [1.807, 2.05) is 11.8 Å². The van der Waals surface area contributed by atoms with Gasteiger partial charge in [0, 0.05) is 24.3 Å². The number of benzene rings is 1. The molecule has 1 aromatic carbocycles. The second kappa shape index (κ2) is 7.89. The van der Waals surface area contributed by atoms with E-state index in [4.69, 9.17) is 0 Å². The molecule has 0 bridgehead atoms. The van der Waals surface area contributed by atoms with Gasteiger partial charge in [-0.25, -0.2) is 0 Å². The van der Waals surface area contributed by atoms with Crippen molar-refractivity contribution < 1.29 is 14.1 Å². The minimum atomic E-state index is -0.885. The van der Waals surface area contributed by atoms with Gasteiger partial charge in [-0.15, -0.1) is 0 Å². The third-order valence-electron chi connectivity index (χ3n) is 4.26. The lowest BCUT2D eigenvalue weighted by Gasteiger charge is -2.33. The number of amides is 1. The molecule has 2 rings (SSSR count). The van der Waals surface area contributed by atoms with Crippen LogP contribution in [0.15, 0.2) is 18.2 Å². The number of nitrogens with one attached hydrogen (secondary N) is 1. The Kier molecular flexibility index (Phi) is 5.90. The van der Waals surface area contributed by atoms with E-state index in [0.29, 0.717) is 12.2 Å². The van der Waals surface area contributed by atoms with Gasteiger partial charge in [-0.2, -0.15) is 4.39 Å². The van der Waals surface area contributed by atoms with Crippen LogP contribution in [0.25, 0.3) is 0 Å². The predicted octanol–water partition coefficient (Wildman–Crippen LogP) is 3.33. The zero-order valence-corrected chi connectivity index (χ0v) is 13.3. The fraction of sp³-hybridized carbons (Fsp3) is 0.562. The van der Waals surface area contributed by atoms with Crippen LogP contribution in [0.5, 0.6) is 0 Å². The molecule has 1 aliphatic rings. The summed E-state index contributed by atoms with van der Waals surface area (Å²) in [6.45, 7) is 2.65. The summed E-state index contributed by atoms with van der Waals surface area (Å²) < 4.78 is 13.3. The second-order valence-electron chi connectivity index (χ2n) is 5.75. The molecule has 1 aromatic rings. The SMILES string of the molecule is CCN(C(=O)CNc1ccc(F)c([N+](=O)[O-])c1)C1CCCCC1. The first-order valence-electron chi connectivity index (χ1n) is 8.00. The van der Waals surface area contributed by atoms with Crippen molar-refractivity contribution in [2.24, 2.45) is 0 Å². The number of carbonyl (C=O) groups is 1. The fourth-order valence-corrected chi connectivity index (χ4v) is 3.07. The molecule has 1 aliphatic carbocycles. The Morgan fingerprint density at radius 3 is 2.70 bits per heavy atom. The normalized spacial score (nSPS) is 15.2. The lowest BCUT2D eigenvalue weighted by atomic mass is 9.94. The van der Waals surface area contributed by atoms with Gasteiger partial charge in [0.25, 0.3) is 0 Å². The van der Waals surface area contributed by atoms with Crippen LogP contribution in [0.1, 0.15) is 39.0 Å². The van der Waals surface area contributed by atoms with Crippen LogP contribution in [-0.4, -0.2) is 34.9 Å². The van der Waals surface area contributed by atoms with E-state index in [2.05, 4.69) is 5.32 Å². The van der Waals surface area contributed by atoms with E-state index in [1.165, 1.54) is 12.5 Å². The van der Waals surface area contributed by atoms with Crippen molar-refractivity contribution in [1.29, 1.82) is 0 Å². The van der Waals surface area contributed by atoms with Gasteiger partial charge in [0.05, 0.1) is 11.5 Å². The quantitative estimate of drug-likeness (QED) is 0.643. The summed E-state index contributed by atoms with van der Waals surface area (Å²) in [5, 5.41) is 13.6. The smallest absolute Gasteiger partial charge is 0.306 e. The monoisotopic (exact) mass is 323 g/mol. The molecule has 0 spiro atoms. The maximum atomic E-state index is 13.3. The summed E-state index contributed by atoms with van der Waals surface area (Å²) in [7, 11) is 0. The van der Waals surface area contributed by atoms with E-state index in [9.17, 15) is 19.3 Å². The molecule has 0 radical (unpaired) electrons. The van der Waals surface area contributed by atoms with Crippen LogP contribution in [0, 0.1) is 15.9 Å². The molecule has 1 fully saturated rings. The van der Waals surface area contributed by atoms with Crippen LogP contribution in [0.2, 0.25) is 0 Å². The molecule has 1 saturated carbocycles. The van der Waals surface area contributed by atoms with Gasteiger partial charge in [-0.1, -0.05) is 19.3 Å². The van der Waals surface area contributed by atoms with Gasteiger partial charge in [-0.3, -0.25) is 14.9 Å². The molecule has 1 amide bonds. The molecule has 0 aliphatic heterocycles. The number of halogens is 1. The standard InChI is InChI=1S/C16H22FN3O3/c1-2-19(13-6-4-3-5-7-13)16(21)11-18-12-8-9-14(17)15(10-12)20(22)23/h8-10,13,18H,2-7,11H2,1H3. The zero-order valence-electron chi connectivity index (χ0n) is 13.3. The summed E-state index contributed by atoms with van der Waals surface area (Å²) in [5.41, 5.74) is -0.228. The molecule has 126 valence electrons. The minimum absolute atomic E-state index is 0.0358. The molecule has 1 N–H and O–H groups in total. The number of anilines is 1. The minimum Gasteiger partial charge on any atom is -0.376 e. The Bertz CT molecular complexity index is 574. The fourth-order valence-electron chi connectivity index (χ4n) is 3.07. The molecule has 7 heteroatoms. The summed E-state index contributed by atoms with van der Waals surface area (Å²) in [6.07, 6.45) is 5.57. The van der Waals surface area contributed by atoms with Crippen molar-refractivity contribution >= 4 is 17.3 Å². The third-order valence-corrected chi connectivity index (χ3v) is 4.26. The molecule has 0 saturated heterocycles. The van der Waals surface area contributed by atoms with Crippen molar-refractivity contribution in [1.82, 2.24) is 4.90 Å². The van der Waals surface area contributed by atoms with E-state index in [-0.39, 0.29) is 18.5 Å². The largest absolute Gasteiger partial charge is 0.376 e. The van der Waals surface area contributed by atoms with Crippen LogP contribution in [0.4, 0.5) is 15.8 Å². The number of nitro groups is 1. The first-order valence-corrected chi connectivity index (χ1v) is 8.00. The van der Waals surface area contributed by atoms with Gasteiger partial charge in [-0.05, 0) is 31.9 Å². The Morgan fingerprint density at radius 2 is 2.09 bits per heavy atom. The first kappa shape index (κ1) is 17.2. The highest BCUT2D eigenvalue weighted by molar-refractivity contribution is 5.81. The Labute approximate surface area is 134 Å². The Balaban J connectivity index is 1.97. The molecular formula is C16H22FN3O3. The van der Waals surface area contributed by atoms with E-state index >= 15 is 0 Å². The summed E-state index contributed by atoms with van der Waals surface area (Å²) in [5.74, 6) is -0.921. The lowest BCUT2D eigenvalue weighted by molar-refractivity contribution is -0.387. The number of hydrogen-bond acceptors (Lipinski definition) is 4. The first-order chi connectivity index (χ1) is 11.0. The topological polar surface area (TPSA) is 75.5 Å². The number of nitrogens with zero attached hydrogens (tertiary/aromatic N) is 2. The van der Waals surface area contributed by atoms with Crippen molar-refractivity contribution in [2.45, 2.75) is 45.1 Å². The number of likely N-dealkylation sites (N-methyl/N-ethyl adjacent to an activating group) is 1. The second-order valence-corrected chi connectivity index (χ2v) is 5.75. The van der Waals surface area contributed by atoms with E-state index in [1.54, 1.807) is 0 Å². The van der Waals surface area contributed by atoms with Crippen LogP contribution >= 0.6 is 0 Å². The van der Waals surface area contributed by atoms with Gasteiger partial charge in [0.1, 0.15) is 0 Å². The van der Waals surface area contributed by atoms with Crippen LogP contribution in [0.3, 0.4) is 0 Å². The molecule has 0 unspecified atom stereocenters. The Morgan fingerprint density at radius 1 is 1.39 bits per heavy atom. The molecule has 23 heavy (non-hydrogen) atoms. The van der Waals surface area contributed by atoms with Gasteiger partial charge >= 0.3 is 5.69 Å². The highest BCUT2D eigenvalue weighted by Crippen LogP contribution is 2.23. The van der Waals surface area contributed by atoms with Crippen molar-refractivity contribution in [3.63, 3.8) is 0 Å². The lowest BCUT2D eigenvalue weighted by Crippen LogP contribution is -2.43. The van der Waals surface area contributed by atoms with Crippen molar-refractivity contribution in [3.8, 4) is 0 Å². The number of hydrogen-bond donors (Lipinski definition) is 1. The highest BCUT2D eigenvalue weighted by Gasteiger charge is 2.24. The highest BCUT2D eigenvalue weighted by atomic mass is 19.1. The molecular weight excluding hydrogens is 301 g/mol. The average molecular weight is 323 g/mol. The summed E-state index contributed by atoms with van der Waals surface area (Å²) in [6, 6.07) is 3.82. The Hall–Kier alpha value is -2.18. The zero-order chi connectivity index (χ0) is 16.8. The molecule has 6 nitrogen and oxygen atoms in total. The van der Waals surface area contributed by atoms with Crippen molar-refractivity contribution in [3.05, 3.63) is 34.1 Å². The third kappa shape index (κ3) is 4.40. The number of rotatable bonds is 6. The van der Waals surface area contributed by atoms with Gasteiger partial charge in [0.2, 0.25) is 11.7 Å². The number of carbonyl (C=O) groups excluding carboxylic acids is 1. The van der Waals surface area contributed by atoms with E-state index in [0.717, 1.165) is 37.8 Å².